The van der Waals surface area contributed by atoms with Crippen molar-refractivity contribution in [2.24, 2.45) is 5.92 Å². The molecule has 1 N–H and O–H groups in total. The van der Waals surface area contributed by atoms with E-state index in [0.717, 1.165) is 33.0 Å². The molecule has 2 aromatic rings. The molecule has 1 fully saturated rings. The van der Waals surface area contributed by atoms with Crippen LogP contribution in [0.2, 0.25) is 0 Å². The quantitative estimate of drug-likeness (QED) is 0.618. The molecule has 0 aliphatic heterocycles. The first-order valence-electron chi connectivity index (χ1n) is 8.46. The molecule has 6 nitrogen and oxygen atoms in total. The van der Waals surface area contributed by atoms with Crippen LogP contribution in [-0.4, -0.2) is 34.5 Å². The molecule has 0 saturated heterocycles. The number of thioether (sulfide) groups is 2. The fraction of sp³-hybridized carbons (Fsp3) is 0.444. The largest absolute Gasteiger partial charge is 0.497 e. The van der Waals surface area contributed by atoms with Crippen molar-refractivity contribution in [3.05, 3.63) is 29.8 Å². The van der Waals surface area contributed by atoms with E-state index >= 15 is 0 Å². The van der Waals surface area contributed by atoms with Gasteiger partial charge in [0, 0.05) is 5.75 Å². The minimum Gasteiger partial charge on any atom is -0.497 e. The number of hydrogen-bond acceptors (Lipinski definition) is 8. The Hall–Kier alpha value is -1.76. The molecule has 1 aliphatic carbocycles. The lowest BCUT2D eigenvalue weighted by Gasteiger charge is -2.22. The first-order chi connectivity index (χ1) is 13.0. The monoisotopic (exact) mass is 420 g/mol. The lowest BCUT2D eigenvalue weighted by atomic mass is 9.98. The zero-order valence-corrected chi connectivity index (χ0v) is 17.5. The first-order valence-corrected chi connectivity index (χ1v) is 11.3. The van der Waals surface area contributed by atoms with Crippen LogP contribution < -0.4 is 10.1 Å². The van der Waals surface area contributed by atoms with Crippen molar-refractivity contribution in [3.8, 4) is 11.8 Å². The number of nitrogens with one attached hydrogen (secondary N) is 1. The number of nitrogens with zero attached hydrogens (tertiary/aromatic N) is 3. The summed E-state index contributed by atoms with van der Waals surface area (Å²) in [6.45, 7) is 1.80. The van der Waals surface area contributed by atoms with E-state index in [1.54, 1.807) is 25.8 Å². The van der Waals surface area contributed by atoms with Crippen LogP contribution in [-0.2, 0) is 10.5 Å². The molecule has 1 unspecified atom stereocenters. The number of ether oxygens (including phenoxy) is 1. The van der Waals surface area contributed by atoms with Gasteiger partial charge in [0.25, 0.3) is 0 Å². The van der Waals surface area contributed by atoms with Crippen LogP contribution in [0.15, 0.2) is 32.9 Å². The van der Waals surface area contributed by atoms with Crippen molar-refractivity contribution in [2.75, 3.05) is 12.9 Å². The van der Waals surface area contributed by atoms with Gasteiger partial charge in [-0.3, -0.25) is 4.79 Å². The van der Waals surface area contributed by atoms with Crippen molar-refractivity contribution in [1.82, 2.24) is 15.5 Å². The molecule has 0 bridgehead atoms. The van der Waals surface area contributed by atoms with Gasteiger partial charge in [-0.05, 0) is 43.4 Å². The van der Waals surface area contributed by atoms with Crippen LogP contribution in [0.25, 0.3) is 0 Å². The van der Waals surface area contributed by atoms with Gasteiger partial charge >= 0.3 is 0 Å². The normalized spacial score (nSPS) is 15.6. The smallest absolute Gasteiger partial charge is 0.231 e. The third kappa shape index (κ3) is 5.61. The molecular formula is C18H20N4O2S3. The van der Waals surface area contributed by atoms with E-state index in [9.17, 15) is 10.1 Å². The van der Waals surface area contributed by atoms with Crippen LogP contribution in [0.3, 0.4) is 0 Å². The van der Waals surface area contributed by atoms with Gasteiger partial charge < -0.3 is 10.1 Å². The Labute approximate surface area is 171 Å². The highest BCUT2D eigenvalue weighted by Crippen LogP contribution is 2.39. The predicted octanol–water partition coefficient (Wildman–Crippen LogP) is 3.74. The molecule has 1 atom stereocenters. The number of nitriles is 1. The molecule has 1 aliphatic rings. The SMILES string of the molecule is COc1ccc(CSc2nnc(SCC(=O)NC(C)(C#N)C3CC3)s2)cc1. The van der Waals surface area contributed by atoms with E-state index in [1.165, 1.54) is 28.7 Å². The molecule has 0 spiro atoms. The Morgan fingerprint density at radius 3 is 2.59 bits per heavy atom. The second-order valence-corrected chi connectivity index (χ2v) is 9.82. The molecule has 1 amide bonds. The summed E-state index contributed by atoms with van der Waals surface area (Å²) in [6.07, 6.45) is 2.01. The summed E-state index contributed by atoms with van der Waals surface area (Å²) in [7, 11) is 1.65. The summed E-state index contributed by atoms with van der Waals surface area (Å²) in [5.41, 5.74) is 0.429. The van der Waals surface area contributed by atoms with Crippen LogP contribution in [0.1, 0.15) is 25.3 Å². The van der Waals surface area contributed by atoms with E-state index in [1.807, 2.05) is 24.3 Å². The van der Waals surface area contributed by atoms with E-state index < -0.39 is 5.54 Å². The number of aromatic nitrogens is 2. The molecule has 27 heavy (non-hydrogen) atoms. The average molecular weight is 421 g/mol. The van der Waals surface area contributed by atoms with Crippen molar-refractivity contribution in [2.45, 2.75) is 39.7 Å². The molecule has 3 rings (SSSR count). The number of hydrogen-bond donors (Lipinski definition) is 1. The maximum absolute atomic E-state index is 12.2. The van der Waals surface area contributed by atoms with Crippen molar-refractivity contribution < 1.29 is 9.53 Å². The summed E-state index contributed by atoms with van der Waals surface area (Å²) >= 11 is 4.45. The standard InChI is InChI=1S/C18H20N4O2S3/c1-18(11-19,13-5-6-13)20-15(23)10-26-17-22-21-16(27-17)25-9-12-3-7-14(24-2)8-4-12/h3-4,7-8,13H,5-6,9-10H2,1-2H3,(H,20,23). The second-order valence-electron chi connectivity index (χ2n) is 6.40. The third-order valence-corrected chi connectivity index (χ3v) is 7.52. The van der Waals surface area contributed by atoms with E-state index in [0.29, 0.717) is 0 Å². The molecule has 0 radical (unpaired) electrons. The number of rotatable bonds is 9. The average Bonchev–Trinajstić information content (AvgIpc) is 3.45. The maximum atomic E-state index is 12.2. The topological polar surface area (TPSA) is 87.9 Å². The van der Waals surface area contributed by atoms with Gasteiger partial charge in [-0.25, -0.2) is 0 Å². The summed E-state index contributed by atoms with van der Waals surface area (Å²) in [5, 5.41) is 20.5. The highest BCUT2D eigenvalue weighted by Gasteiger charge is 2.42. The van der Waals surface area contributed by atoms with Gasteiger partial charge in [0.15, 0.2) is 8.68 Å². The molecule has 1 saturated carbocycles. The lowest BCUT2D eigenvalue weighted by molar-refractivity contribution is -0.119. The molecule has 1 heterocycles. The molecular weight excluding hydrogens is 400 g/mol. The van der Waals surface area contributed by atoms with E-state index in [-0.39, 0.29) is 17.6 Å². The predicted molar refractivity (Wildman–Crippen MR) is 108 cm³/mol. The zero-order chi connectivity index (χ0) is 19.3. The summed E-state index contributed by atoms with van der Waals surface area (Å²) < 4.78 is 6.78. The third-order valence-electron chi connectivity index (χ3n) is 4.26. The Kier molecular flexibility index (Phi) is 6.63. The summed E-state index contributed by atoms with van der Waals surface area (Å²) in [6, 6.07) is 10.2. The Balaban J connectivity index is 1.44. The lowest BCUT2D eigenvalue weighted by Crippen LogP contribution is -2.47. The zero-order valence-electron chi connectivity index (χ0n) is 15.1. The molecule has 1 aromatic carbocycles. The van der Waals surface area contributed by atoms with E-state index in [2.05, 4.69) is 21.6 Å². The van der Waals surface area contributed by atoms with Gasteiger partial charge in [0.05, 0.1) is 18.9 Å². The van der Waals surface area contributed by atoms with Crippen molar-refractivity contribution >= 4 is 40.8 Å². The van der Waals surface area contributed by atoms with Crippen molar-refractivity contribution in [1.29, 1.82) is 5.26 Å². The van der Waals surface area contributed by atoms with E-state index in [4.69, 9.17) is 4.74 Å². The fourth-order valence-electron chi connectivity index (χ4n) is 2.52. The van der Waals surface area contributed by atoms with Gasteiger partial charge in [-0.1, -0.05) is 47.0 Å². The van der Waals surface area contributed by atoms with Crippen LogP contribution >= 0.6 is 34.9 Å². The van der Waals surface area contributed by atoms with Gasteiger partial charge in [0.2, 0.25) is 5.91 Å². The minimum absolute atomic E-state index is 0.140. The van der Waals surface area contributed by atoms with Gasteiger partial charge in [-0.15, -0.1) is 10.2 Å². The number of carbonyl (C=O) groups is 1. The highest BCUT2D eigenvalue weighted by atomic mass is 32.2. The van der Waals surface area contributed by atoms with Crippen molar-refractivity contribution in [3.63, 3.8) is 0 Å². The number of methoxy groups -OCH3 is 1. The van der Waals surface area contributed by atoms with Crippen LogP contribution in [0, 0.1) is 17.2 Å². The van der Waals surface area contributed by atoms with Gasteiger partial charge in [0.1, 0.15) is 11.3 Å². The molecule has 9 heteroatoms. The molecule has 1 aromatic heterocycles. The molecule has 142 valence electrons. The first kappa shape index (κ1) is 20.0. The highest BCUT2D eigenvalue weighted by molar-refractivity contribution is 8.03. The second kappa shape index (κ2) is 8.95. The Bertz CT molecular complexity index is 830. The number of benzene rings is 1. The minimum atomic E-state index is -0.752. The van der Waals surface area contributed by atoms with Crippen LogP contribution in [0.4, 0.5) is 0 Å². The number of carbonyl (C=O) groups excluding carboxylic acids is 1. The van der Waals surface area contributed by atoms with Gasteiger partial charge in [-0.2, -0.15) is 5.26 Å². The Morgan fingerprint density at radius 2 is 2.00 bits per heavy atom. The summed E-state index contributed by atoms with van der Waals surface area (Å²) in [4.78, 5) is 12.2. The fourth-order valence-corrected chi connectivity index (χ4v) is 5.29. The maximum Gasteiger partial charge on any atom is 0.231 e. The number of amides is 1. The summed E-state index contributed by atoms with van der Waals surface area (Å²) in [5.74, 6) is 2.01. The van der Waals surface area contributed by atoms with Crippen LogP contribution in [0.5, 0.6) is 5.75 Å². The Morgan fingerprint density at radius 1 is 1.33 bits per heavy atom.